The van der Waals surface area contributed by atoms with E-state index in [1.807, 2.05) is 31.4 Å². The number of anilines is 1. The lowest BCUT2D eigenvalue weighted by molar-refractivity contribution is -0.115. The zero-order chi connectivity index (χ0) is 17.5. The molecule has 0 saturated heterocycles. The van der Waals surface area contributed by atoms with Gasteiger partial charge in [0, 0.05) is 11.6 Å². The van der Waals surface area contributed by atoms with Crippen molar-refractivity contribution < 1.29 is 9.90 Å². The first kappa shape index (κ1) is 18.5. The molecule has 2 rings (SSSR count). The standard InChI is InChI=1S/C18H25N3O2S/c1-4-5-14-6-8-15(9-7-14)16-12-17(21(20-16)10-11-22)19-18(23)13(2)24-3/h6-9,12-13,22H,4-5,10-11H2,1-3H3,(H,19,23). The number of nitrogens with zero attached hydrogens (tertiary/aromatic N) is 2. The van der Waals surface area contributed by atoms with E-state index in [2.05, 4.69) is 29.5 Å². The monoisotopic (exact) mass is 347 g/mol. The van der Waals surface area contributed by atoms with E-state index >= 15 is 0 Å². The first-order valence-corrected chi connectivity index (χ1v) is 9.49. The summed E-state index contributed by atoms with van der Waals surface area (Å²) in [5.74, 6) is 0.550. The average Bonchev–Trinajstić information content (AvgIpc) is 2.98. The number of rotatable bonds is 8. The molecule has 0 fully saturated rings. The quantitative estimate of drug-likeness (QED) is 0.770. The van der Waals surface area contributed by atoms with Gasteiger partial charge in [-0.05, 0) is 25.2 Å². The maximum Gasteiger partial charge on any atom is 0.238 e. The molecular formula is C18H25N3O2S. The van der Waals surface area contributed by atoms with Crippen molar-refractivity contribution in [3.8, 4) is 11.3 Å². The number of amides is 1. The van der Waals surface area contributed by atoms with Crippen molar-refractivity contribution >= 4 is 23.5 Å². The fraction of sp³-hybridized carbons (Fsp3) is 0.444. The van der Waals surface area contributed by atoms with Crippen molar-refractivity contribution in [2.45, 2.75) is 38.5 Å². The molecule has 1 heterocycles. The van der Waals surface area contributed by atoms with E-state index in [-0.39, 0.29) is 17.8 Å². The van der Waals surface area contributed by atoms with Gasteiger partial charge in [-0.3, -0.25) is 4.79 Å². The van der Waals surface area contributed by atoms with Crippen LogP contribution in [0.5, 0.6) is 0 Å². The number of aryl methyl sites for hydroxylation is 1. The second kappa shape index (κ2) is 8.89. The molecule has 0 aliphatic carbocycles. The van der Waals surface area contributed by atoms with Crippen LogP contribution in [0.1, 0.15) is 25.8 Å². The lowest BCUT2D eigenvalue weighted by Crippen LogP contribution is -2.24. The molecule has 1 aromatic heterocycles. The van der Waals surface area contributed by atoms with Crippen LogP contribution in [-0.4, -0.2) is 38.9 Å². The minimum Gasteiger partial charge on any atom is -0.394 e. The maximum absolute atomic E-state index is 12.1. The predicted molar refractivity (Wildman–Crippen MR) is 100 cm³/mol. The summed E-state index contributed by atoms with van der Waals surface area (Å²) in [6.07, 6.45) is 4.08. The fourth-order valence-corrected chi connectivity index (χ4v) is 2.66. The summed E-state index contributed by atoms with van der Waals surface area (Å²) in [6.45, 7) is 4.34. The van der Waals surface area contributed by atoms with Crippen LogP contribution in [0.2, 0.25) is 0 Å². The number of carbonyl (C=O) groups is 1. The number of nitrogens with one attached hydrogen (secondary N) is 1. The summed E-state index contributed by atoms with van der Waals surface area (Å²) >= 11 is 1.49. The van der Waals surface area contributed by atoms with Crippen molar-refractivity contribution in [3.63, 3.8) is 0 Å². The van der Waals surface area contributed by atoms with Gasteiger partial charge in [0.25, 0.3) is 0 Å². The van der Waals surface area contributed by atoms with Crippen molar-refractivity contribution in [3.05, 3.63) is 35.9 Å². The van der Waals surface area contributed by atoms with Gasteiger partial charge in [-0.25, -0.2) is 4.68 Å². The number of aliphatic hydroxyl groups is 1. The molecule has 0 aliphatic heterocycles. The molecule has 1 aromatic carbocycles. The van der Waals surface area contributed by atoms with E-state index in [1.54, 1.807) is 4.68 Å². The first-order chi connectivity index (χ1) is 11.6. The maximum atomic E-state index is 12.1. The Kier molecular flexibility index (Phi) is 6.87. The van der Waals surface area contributed by atoms with Gasteiger partial charge in [0.05, 0.1) is 24.1 Å². The molecule has 1 unspecified atom stereocenters. The third-order valence-corrected chi connectivity index (χ3v) is 4.78. The Labute approximate surface area is 147 Å². The molecule has 130 valence electrons. The second-order valence-corrected chi connectivity index (χ2v) is 6.85. The molecule has 2 aromatic rings. The lowest BCUT2D eigenvalue weighted by atomic mass is 10.1. The van der Waals surface area contributed by atoms with Crippen LogP contribution in [0.4, 0.5) is 5.82 Å². The number of aromatic nitrogens is 2. The SMILES string of the molecule is CCCc1ccc(-c2cc(NC(=O)C(C)SC)n(CCO)n2)cc1. The highest BCUT2D eigenvalue weighted by Crippen LogP contribution is 2.23. The summed E-state index contributed by atoms with van der Waals surface area (Å²) in [7, 11) is 0. The Bertz CT molecular complexity index is 667. The van der Waals surface area contributed by atoms with Gasteiger partial charge in [0.15, 0.2) is 0 Å². The summed E-state index contributed by atoms with van der Waals surface area (Å²) in [4.78, 5) is 12.1. The lowest BCUT2D eigenvalue weighted by Gasteiger charge is -2.10. The summed E-state index contributed by atoms with van der Waals surface area (Å²) in [6, 6.07) is 10.2. The van der Waals surface area contributed by atoms with E-state index < -0.39 is 0 Å². The highest BCUT2D eigenvalue weighted by Gasteiger charge is 2.16. The summed E-state index contributed by atoms with van der Waals surface area (Å²) in [5, 5.41) is 16.5. The van der Waals surface area contributed by atoms with E-state index in [4.69, 9.17) is 0 Å². The van der Waals surface area contributed by atoms with Crippen LogP contribution in [0.15, 0.2) is 30.3 Å². The summed E-state index contributed by atoms with van der Waals surface area (Å²) in [5.41, 5.74) is 3.09. The number of carbonyl (C=O) groups excluding carboxylic acids is 1. The van der Waals surface area contributed by atoms with Crippen LogP contribution in [0.3, 0.4) is 0 Å². The largest absolute Gasteiger partial charge is 0.394 e. The van der Waals surface area contributed by atoms with Gasteiger partial charge in [0.1, 0.15) is 5.82 Å². The van der Waals surface area contributed by atoms with Crippen molar-refractivity contribution in [1.82, 2.24) is 9.78 Å². The Hall–Kier alpha value is -1.79. The third kappa shape index (κ3) is 4.61. The fourth-order valence-electron chi connectivity index (χ4n) is 2.39. The van der Waals surface area contributed by atoms with E-state index in [0.29, 0.717) is 12.4 Å². The molecule has 5 nitrogen and oxygen atoms in total. The third-order valence-electron chi connectivity index (χ3n) is 3.85. The number of thioether (sulfide) groups is 1. The zero-order valence-corrected chi connectivity index (χ0v) is 15.3. The molecule has 1 amide bonds. The topological polar surface area (TPSA) is 67.2 Å². The Morgan fingerprint density at radius 3 is 2.67 bits per heavy atom. The number of benzene rings is 1. The van der Waals surface area contributed by atoms with Crippen LogP contribution in [0.25, 0.3) is 11.3 Å². The van der Waals surface area contributed by atoms with Gasteiger partial charge in [-0.2, -0.15) is 16.9 Å². The van der Waals surface area contributed by atoms with Crippen LogP contribution in [-0.2, 0) is 17.8 Å². The van der Waals surface area contributed by atoms with Crippen LogP contribution < -0.4 is 5.32 Å². The minimum absolute atomic E-state index is 0.0302. The van der Waals surface area contributed by atoms with Crippen LogP contribution >= 0.6 is 11.8 Å². The minimum atomic E-state index is -0.140. The molecule has 0 bridgehead atoms. The van der Waals surface area contributed by atoms with Gasteiger partial charge < -0.3 is 10.4 Å². The first-order valence-electron chi connectivity index (χ1n) is 8.20. The van der Waals surface area contributed by atoms with Crippen molar-refractivity contribution in [1.29, 1.82) is 0 Å². The molecule has 0 saturated carbocycles. The Balaban J connectivity index is 2.24. The smallest absolute Gasteiger partial charge is 0.238 e. The highest BCUT2D eigenvalue weighted by molar-refractivity contribution is 7.99. The number of hydrogen-bond donors (Lipinski definition) is 2. The molecular weight excluding hydrogens is 322 g/mol. The predicted octanol–water partition coefficient (Wildman–Crippen LogP) is 3.18. The van der Waals surface area contributed by atoms with Gasteiger partial charge in [0.2, 0.25) is 5.91 Å². The Morgan fingerprint density at radius 2 is 2.08 bits per heavy atom. The average molecular weight is 347 g/mol. The van der Waals surface area contributed by atoms with E-state index in [1.165, 1.54) is 17.3 Å². The van der Waals surface area contributed by atoms with Gasteiger partial charge >= 0.3 is 0 Å². The number of hydrogen-bond acceptors (Lipinski definition) is 4. The molecule has 2 N–H and O–H groups in total. The van der Waals surface area contributed by atoms with Crippen molar-refractivity contribution in [2.24, 2.45) is 0 Å². The van der Waals surface area contributed by atoms with Crippen molar-refractivity contribution in [2.75, 3.05) is 18.2 Å². The number of aliphatic hydroxyl groups excluding tert-OH is 1. The molecule has 0 aliphatic rings. The van der Waals surface area contributed by atoms with E-state index in [9.17, 15) is 9.90 Å². The molecule has 24 heavy (non-hydrogen) atoms. The molecule has 6 heteroatoms. The Morgan fingerprint density at radius 1 is 1.38 bits per heavy atom. The van der Waals surface area contributed by atoms with Crippen LogP contribution in [0, 0.1) is 0 Å². The summed E-state index contributed by atoms with van der Waals surface area (Å²) < 4.78 is 1.64. The highest BCUT2D eigenvalue weighted by atomic mass is 32.2. The molecule has 1 atom stereocenters. The van der Waals surface area contributed by atoms with Gasteiger partial charge in [-0.1, -0.05) is 37.6 Å². The normalized spacial score (nSPS) is 12.2. The zero-order valence-electron chi connectivity index (χ0n) is 14.5. The second-order valence-electron chi connectivity index (χ2n) is 5.68. The van der Waals surface area contributed by atoms with E-state index in [0.717, 1.165) is 24.1 Å². The molecule has 0 radical (unpaired) electrons. The van der Waals surface area contributed by atoms with Gasteiger partial charge in [-0.15, -0.1) is 0 Å². The molecule has 0 spiro atoms.